The van der Waals surface area contributed by atoms with Crippen molar-refractivity contribution in [2.24, 2.45) is 0 Å². The second-order valence-electron chi connectivity index (χ2n) is 4.08. The Balaban J connectivity index is 2.47. The zero-order valence-electron chi connectivity index (χ0n) is 10.5. The molecule has 0 saturated heterocycles. The smallest absolute Gasteiger partial charge is 0.213 e. The summed E-state index contributed by atoms with van der Waals surface area (Å²) in [6, 6.07) is 4.15. The van der Waals surface area contributed by atoms with Crippen LogP contribution in [0.4, 0.5) is 4.39 Å². The Hall–Kier alpha value is -2.88. The van der Waals surface area contributed by atoms with Crippen molar-refractivity contribution in [1.82, 2.24) is 14.8 Å². The molecule has 0 amide bonds. The lowest BCUT2D eigenvalue weighted by atomic mass is 10.1. The van der Waals surface area contributed by atoms with Crippen LogP contribution in [0, 0.1) is 17.3 Å². The van der Waals surface area contributed by atoms with Gasteiger partial charge in [-0.05, 0) is 19.1 Å². The number of halogens is 1. The normalized spacial score (nSPS) is 10.1. The maximum atomic E-state index is 12.8. The number of hydrogen-bond acceptors (Lipinski definition) is 5. The third kappa shape index (κ3) is 2.59. The molecule has 7 heteroatoms. The van der Waals surface area contributed by atoms with E-state index in [1.54, 1.807) is 0 Å². The third-order valence-corrected chi connectivity index (χ3v) is 2.54. The van der Waals surface area contributed by atoms with Gasteiger partial charge in [-0.3, -0.25) is 14.3 Å². The van der Waals surface area contributed by atoms with Gasteiger partial charge in [-0.1, -0.05) is 0 Å². The van der Waals surface area contributed by atoms with Crippen molar-refractivity contribution in [3.05, 3.63) is 47.3 Å². The highest BCUT2D eigenvalue weighted by molar-refractivity contribution is 6.09. The predicted octanol–water partition coefficient (Wildman–Crippen LogP) is 1.11. The number of aromatic nitrogens is 3. The second-order valence-corrected chi connectivity index (χ2v) is 4.08. The van der Waals surface area contributed by atoms with Crippen LogP contribution in [0.2, 0.25) is 0 Å². The lowest BCUT2D eigenvalue weighted by molar-refractivity contribution is -0.117. The number of carbonyl (C=O) groups excluding carboxylic acids is 2. The molecule has 0 aliphatic carbocycles. The SMILES string of the molecule is CC(=O)Cn1ncc(C#N)c1C(=O)c1ccc(F)nc1. The summed E-state index contributed by atoms with van der Waals surface area (Å²) in [5.41, 5.74) is 0.171. The van der Waals surface area contributed by atoms with E-state index in [1.165, 1.54) is 19.2 Å². The van der Waals surface area contributed by atoms with Gasteiger partial charge in [0.1, 0.15) is 23.9 Å². The molecule has 2 aromatic heterocycles. The minimum atomic E-state index is -0.709. The zero-order valence-corrected chi connectivity index (χ0v) is 10.5. The second kappa shape index (κ2) is 5.40. The first-order valence-corrected chi connectivity index (χ1v) is 5.64. The van der Waals surface area contributed by atoms with E-state index in [-0.39, 0.29) is 29.1 Å². The molecule has 0 radical (unpaired) electrons. The summed E-state index contributed by atoms with van der Waals surface area (Å²) in [7, 11) is 0. The van der Waals surface area contributed by atoms with Crippen LogP contribution in [-0.4, -0.2) is 26.3 Å². The number of Topliss-reactive ketones (excluding diaryl/α,β-unsaturated/α-hetero) is 1. The summed E-state index contributed by atoms with van der Waals surface area (Å²) in [6.45, 7) is 1.23. The Morgan fingerprint density at radius 1 is 1.40 bits per heavy atom. The van der Waals surface area contributed by atoms with Gasteiger partial charge in [-0.15, -0.1) is 0 Å². The molecule has 100 valence electrons. The molecule has 0 N–H and O–H groups in total. The fourth-order valence-corrected chi connectivity index (χ4v) is 1.68. The molecule has 0 aliphatic rings. The molecule has 6 nitrogen and oxygen atoms in total. The molecular formula is C13H9FN4O2. The molecule has 0 atom stereocenters. The molecule has 0 bridgehead atoms. The number of rotatable bonds is 4. The minimum absolute atomic E-state index is 0.00360. The number of nitriles is 1. The first-order chi connectivity index (χ1) is 9.52. The molecule has 20 heavy (non-hydrogen) atoms. The first kappa shape index (κ1) is 13.5. The van der Waals surface area contributed by atoms with Crippen molar-refractivity contribution in [3.63, 3.8) is 0 Å². The fourth-order valence-electron chi connectivity index (χ4n) is 1.68. The molecule has 2 rings (SSSR count). The molecule has 0 unspecified atom stereocenters. The number of ketones is 2. The molecule has 0 spiro atoms. The highest BCUT2D eigenvalue weighted by Gasteiger charge is 2.21. The summed E-state index contributed by atoms with van der Waals surface area (Å²) < 4.78 is 13.9. The summed E-state index contributed by atoms with van der Waals surface area (Å²) in [5.74, 6) is -1.45. The molecule has 0 fully saturated rings. The van der Waals surface area contributed by atoms with Crippen LogP contribution >= 0.6 is 0 Å². The van der Waals surface area contributed by atoms with Crippen molar-refractivity contribution >= 4 is 11.6 Å². The van der Waals surface area contributed by atoms with Crippen molar-refractivity contribution < 1.29 is 14.0 Å². The Morgan fingerprint density at radius 2 is 2.15 bits per heavy atom. The van der Waals surface area contributed by atoms with E-state index >= 15 is 0 Å². The summed E-state index contributed by atoms with van der Waals surface area (Å²) in [4.78, 5) is 26.9. The van der Waals surface area contributed by atoms with Crippen LogP contribution in [0.5, 0.6) is 0 Å². The minimum Gasteiger partial charge on any atom is -0.298 e. The Bertz CT molecular complexity index is 713. The van der Waals surface area contributed by atoms with E-state index in [9.17, 15) is 14.0 Å². The fraction of sp³-hybridized carbons (Fsp3) is 0.154. The van der Waals surface area contributed by atoms with Gasteiger partial charge >= 0.3 is 0 Å². The highest BCUT2D eigenvalue weighted by Crippen LogP contribution is 2.14. The van der Waals surface area contributed by atoms with Crippen molar-refractivity contribution in [2.75, 3.05) is 0 Å². The van der Waals surface area contributed by atoms with E-state index in [0.29, 0.717) is 0 Å². The van der Waals surface area contributed by atoms with Crippen LogP contribution in [0.15, 0.2) is 24.5 Å². The molecule has 0 aliphatic heterocycles. The van der Waals surface area contributed by atoms with Gasteiger partial charge in [-0.2, -0.15) is 14.8 Å². The number of hydrogen-bond donors (Lipinski definition) is 0. The highest BCUT2D eigenvalue weighted by atomic mass is 19.1. The van der Waals surface area contributed by atoms with Gasteiger partial charge in [0.15, 0.2) is 5.78 Å². The van der Waals surface area contributed by atoms with Crippen LogP contribution < -0.4 is 0 Å². The Labute approximate surface area is 113 Å². The van der Waals surface area contributed by atoms with E-state index < -0.39 is 11.7 Å². The van der Waals surface area contributed by atoms with Crippen LogP contribution in [0.3, 0.4) is 0 Å². The summed E-state index contributed by atoms with van der Waals surface area (Å²) in [6.07, 6.45) is 2.29. The van der Waals surface area contributed by atoms with Gasteiger partial charge < -0.3 is 0 Å². The van der Waals surface area contributed by atoms with Gasteiger partial charge in [0.2, 0.25) is 11.7 Å². The van der Waals surface area contributed by atoms with Crippen molar-refractivity contribution in [1.29, 1.82) is 5.26 Å². The van der Waals surface area contributed by atoms with Crippen molar-refractivity contribution in [3.8, 4) is 6.07 Å². The average molecular weight is 272 g/mol. The standard InChI is InChI=1S/C13H9FN4O2/c1-8(19)7-18-12(10(4-15)6-17-18)13(20)9-2-3-11(14)16-5-9/h2-3,5-6H,7H2,1H3. The van der Waals surface area contributed by atoms with E-state index in [0.717, 1.165) is 16.9 Å². The lowest BCUT2D eigenvalue weighted by Crippen LogP contribution is -2.16. The van der Waals surface area contributed by atoms with Crippen molar-refractivity contribution in [2.45, 2.75) is 13.5 Å². The Kier molecular flexibility index (Phi) is 3.66. The molecular weight excluding hydrogens is 263 g/mol. The maximum absolute atomic E-state index is 12.8. The zero-order chi connectivity index (χ0) is 14.7. The van der Waals surface area contributed by atoms with Crippen LogP contribution in [0.1, 0.15) is 28.5 Å². The quantitative estimate of drug-likeness (QED) is 0.614. The van der Waals surface area contributed by atoms with Gasteiger partial charge in [0, 0.05) is 11.8 Å². The Morgan fingerprint density at radius 3 is 2.70 bits per heavy atom. The summed E-state index contributed by atoms with van der Waals surface area (Å²) in [5, 5.41) is 12.8. The summed E-state index contributed by atoms with van der Waals surface area (Å²) >= 11 is 0. The van der Waals surface area contributed by atoms with Gasteiger partial charge in [-0.25, -0.2) is 4.98 Å². The molecule has 0 aromatic carbocycles. The maximum Gasteiger partial charge on any atom is 0.213 e. The molecule has 2 heterocycles. The average Bonchev–Trinajstić information content (AvgIpc) is 2.80. The molecule has 0 saturated carbocycles. The van der Waals surface area contributed by atoms with Crippen LogP contribution in [-0.2, 0) is 11.3 Å². The number of nitrogens with zero attached hydrogens (tertiary/aromatic N) is 4. The van der Waals surface area contributed by atoms with Crippen LogP contribution in [0.25, 0.3) is 0 Å². The van der Waals surface area contributed by atoms with E-state index in [1.807, 2.05) is 6.07 Å². The van der Waals surface area contributed by atoms with Gasteiger partial charge in [0.25, 0.3) is 0 Å². The number of pyridine rings is 1. The largest absolute Gasteiger partial charge is 0.298 e. The first-order valence-electron chi connectivity index (χ1n) is 5.64. The van der Waals surface area contributed by atoms with E-state index in [2.05, 4.69) is 10.1 Å². The predicted molar refractivity (Wildman–Crippen MR) is 65.3 cm³/mol. The lowest BCUT2D eigenvalue weighted by Gasteiger charge is -2.05. The monoisotopic (exact) mass is 272 g/mol. The van der Waals surface area contributed by atoms with Gasteiger partial charge in [0.05, 0.1) is 6.20 Å². The topological polar surface area (TPSA) is 88.6 Å². The third-order valence-electron chi connectivity index (χ3n) is 2.54. The van der Waals surface area contributed by atoms with E-state index in [4.69, 9.17) is 5.26 Å². The number of carbonyl (C=O) groups is 2. The molecule has 2 aromatic rings.